The third kappa shape index (κ3) is 4.37. The highest BCUT2D eigenvalue weighted by Crippen LogP contribution is 2.36. The van der Waals surface area contributed by atoms with Crippen molar-refractivity contribution < 1.29 is 13.9 Å². The summed E-state index contributed by atoms with van der Waals surface area (Å²) in [6.07, 6.45) is 2.83. The Labute approximate surface area is 171 Å². The number of nitrogen functional groups attached to an aromatic ring is 1. The van der Waals surface area contributed by atoms with Crippen LogP contribution in [-0.4, -0.2) is 27.3 Å². The molecule has 0 radical (unpaired) electrons. The van der Waals surface area contributed by atoms with Gasteiger partial charge in [-0.05, 0) is 25.1 Å². The molecule has 0 atom stereocenters. The van der Waals surface area contributed by atoms with Crippen molar-refractivity contribution in [3.63, 3.8) is 0 Å². The number of benzene rings is 2. The second-order valence-electron chi connectivity index (χ2n) is 5.96. The number of rotatable bonds is 6. The first-order chi connectivity index (χ1) is 13.4. The van der Waals surface area contributed by atoms with Gasteiger partial charge in [0.2, 0.25) is 0 Å². The standard InChI is InChI=1S/C19H17Cl2FN4O2/c1-2-26(19(27)16-8-24-10-25-16)9-11-3-4-15(21)18(17(11)22)28-14-6-12(20)5-13(23)7-14/h3-8,10H,2,9,23H2,1H3,(H,24,25). The summed E-state index contributed by atoms with van der Waals surface area (Å²) in [7, 11) is 0. The number of H-pyrrole nitrogens is 1. The first kappa shape index (κ1) is 20.0. The average molecular weight is 423 g/mol. The van der Waals surface area contributed by atoms with Crippen LogP contribution in [0.5, 0.6) is 11.5 Å². The Kier molecular flexibility index (Phi) is 6.06. The maximum absolute atomic E-state index is 15.1. The lowest BCUT2D eigenvalue weighted by Gasteiger charge is -2.21. The minimum atomic E-state index is -0.665. The Balaban J connectivity index is 1.88. The molecule has 0 aliphatic rings. The summed E-state index contributed by atoms with van der Waals surface area (Å²) in [5, 5.41) is 0.438. The SMILES string of the molecule is CCN(Cc1ccc(Cl)c(Oc2cc(N)cc(Cl)c2)c1F)C(=O)c1cnc[nH]1. The number of nitrogens with two attached hydrogens (primary N) is 1. The number of hydrogen-bond acceptors (Lipinski definition) is 4. The van der Waals surface area contributed by atoms with E-state index in [0.717, 1.165) is 0 Å². The first-order valence-electron chi connectivity index (χ1n) is 8.37. The molecule has 28 heavy (non-hydrogen) atoms. The number of hydrogen-bond donors (Lipinski definition) is 2. The molecule has 0 bridgehead atoms. The van der Waals surface area contributed by atoms with Crippen LogP contribution in [0.2, 0.25) is 10.0 Å². The molecular formula is C19H17Cl2FN4O2. The molecule has 146 valence electrons. The van der Waals surface area contributed by atoms with Gasteiger partial charge in [-0.1, -0.05) is 29.3 Å². The summed E-state index contributed by atoms with van der Waals surface area (Å²) in [6.45, 7) is 2.21. The molecule has 1 heterocycles. The number of nitrogens with zero attached hydrogens (tertiary/aromatic N) is 2. The molecular weight excluding hydrogens is 406 g/mol. The molecule has 0 aliphatic heterocycles. The van der Waals surface area contributed by atoms with Gasteiger partial charge in [0.15, 0.2) is 11.6 Å². The van der Waals surface area contributed by atoms with Crippen molar-refractivity contribution >= 4 is 34.8 Å². The molecule has 0 saturated heterocycles. The molecule has 1 aromatic heterocycles. The molecule has 0 fully saturated rings. The normalized spacial score (nSPS) is 10.7. The van der Waals surface area contributed by atoms with Crippen molar-refractivity contribution in [1.29, 1.82) is 0 Å². The van der Waals surface area contributed by atoms with E-state index in [0.29, 0.717) is 22.9 Å². The number of amides is 1. The van der Waals surface area contributed by atoms with E-state index >= 15 is 4.39 Å². The van der Waals surface area contributed by atoms with Crippen LogP contribution >= 0.6 is 23.2 Å². The minimum Gasteiger partial charge on any atom is -0.453 e. The number of aromatic nitrogens is 2. The lowest BCUT2D eigenvalue weighted by Crippen LogP contribution is -2.31. The van der Waals surface area contributed by atoms with Crippen LogP contribution in [0.3, 0.4) is 0 Å². The van der Waals surface area contributed by atoms with Gasteiger partial charge in [-0.25, -0.2) is 9.37 Å². The van der Waals surface area contributed by atoms with E-state index in [4.69, 9.17) is 33.7 Å². The van der Waals surface area contributed by atoms with Crippen LogP contribution in [-0.2, 0) is 6.54 Å². The van der Waals surface area contributed by atoms with E-state index in [2.05, 4.69) is 9.97 Å². The van der Waals surface area contributed by atoms with Gasteiger partial charge in [-0.3, -0.25) is 4.79 Å². The summed E-state index contributed by atoms with van der Waals surface area (Å²) in [6, 6.07) is 7.58. The monoisotopic (exact) mass is 422 g/mol. The molecule has 0 aliphatic carbocycles. The fraction of sp³-hybridized carbons (Fsp3) is 0.158. The summed E-state index contributed by atoms with van der Waals surface area (Å²) in [5.41, 5.74) is 6.69. The Morgan fingerprint density at radius 2 is 2.11 bits per heavy atom. The van der Waals surface area contributed by atoms with Gasteiger partial charge < -0.3 is 20.4 Å². The predicted octanol–water partition coefficient (Wildman–Crippen LogP) is 4.89. The first-order valence-corrected chi connectivity index (χ1v) is 9.13. The van der Waals surface area contributed by atoms with Crippen molar-refractivity contribution in [2.24, 2.45) is 0 Å². The Morgan fingerprint density at radius 3 is 2.75 bits per heavy atom. The largest absolute Gasteiger partial charge is 0.453 e. The Bertz CT molecular complexity index is 976. The maximum atomic E-state index is 15.1. The highest BCUT2D eigenvalue weighted by atomic mass is 35.5. The summed E-state index contributed by atoms with van der Waals surface area (Å²) in [4.78, 5) is 20.6. The third-order valence-corrected chi connectivity index (χ3v) is 4.52. The van der Waals surface area contributed by atoms with Gasteiger partial charge in [-0.15, -0.1) is 0 Å². The van der Waals surface area contributed by atoms with E-state index < -0.39 is 5.82 Å². The molecule has 2 aromatic carbocycles. The van der Waals surface area contributed by atoms with E-state index in [1.807, 2.05) is 0 Å². The van der Waals surface area contributed by atoms with Gasteiger partial charge >= 0.3 is 0 Å². The number of carbonyl (C=O) groups excluding carboxylic acids is 1. The number of nitrogens with one attached hydrogen (secondary N) is 1. The van der Waals surface area contributed by atoms with Crippen LogP contribution in [0.15, 0.2) is 42.9 Å². The molecule has 6 nitrogen and oxygen atoms in total. The topological polar surface area (TPSA) is 84.2 Å². The van der Waals surface area contributed by atoms with Gasteiger partial charge in [0, 0.05) is 35.4 Å². The summed E-state index contributed by atoms with van der Waals surface area (Å²) < 4.78 is 20.7. The van der Waals surface area contributed by atoms with Gasteiger partial charge in [0.1, 0.15) is 11.4 Å². The highest BCUT2D eigenvalue weighted by Gasteiger charge is 2.21. The fourth-order valence-corrected chi connectivity index (χ4v) is 3.04. The lowest BCUT2D eigenvalue weighted by molar-refractivity contribution is 0.0745. The molecule has 3 rings (SSSR count). The Morgan fingerprint density at radius 1 is 1.32 bits per heavy atom. The average Bonchev–Trinajstić information content (AvgIpc) is 3.18. The van der Waals surface area contributed by atoms with Crippen molar-refractivity contribution in [3.05, 3.63) is 70.0 Å². The van der Waals surface area contributed by atoms with Crippen molar-refractivity contribution in [1.82, 2.24) is 14.9 Å². The van der Waals surface area contributed by atoms with Crippen LogP contribution in [0.4, 0.5) is 10.1 Å². The quantitative estimate of drug-likeness (QED) is 0.553. The molecule has 1 amide bonds. The summed E-state index contributed by atoms with van der Waals surface area (Å²) >= 11 is 12.1. The third-order valence-electron chi connectivity index (χ3n) is 4.00. The second-order valence-corrected chi connectivity index (χ2v) is 6.80. The second kappa shape index (κ2) is 8.50. The lowest BCUT2D eigenvalue weighted by atomic mass is 10.1. The van der Waals surface area contributed by atoms with Crippen molar-refractivity contribution in [3.8, 4) is 11.5 Å². The van der Waals surface area contributed by atoms with E-state index in [1.54, 1.807) is 13.0 Å². The number of ether oxygens (including phenoxy) is 1. The zero-order chi connectivity index (χ0) is 20.3. The highest BCUT2D eigenvalue weighted by molar-refractivity contribution is 6.32. The van der Waals surface area contributed by atoms with E-state index in [1.165, 1.54) is 41.7 Å². The number of halogens is 3. The van der Waals surface area contributed by atoms with Gasteiger partial charge in [0.05, 0.1) is 17.5 Å². The van der Waals surface area contributed by atoms with Crippen LogP contribution in [0, 0.1) is 5.82 Å². The molecule has 3 N–H and O–H groups in total. The minimum absolute atomic E-state index is 0.0331. The van der Waals surface area contributed by atoms with E-state index in [-0.39, 0.29) is 34.5 Å². The molecule has 9 heteroatoms. The summed E-state index contributed by atoms with van der Waals surface area (Å²) in [5.74, 6) is -0.865. The molecule has 3 aromatic rings. The van der Waals surface area contributed by atoms with Crippen molar-refractivity contribution in [2.75, 3.05) is 12.3 Å². The van der Waals surface area contributed by atoms with Crippen molar-refractivity contribution in [2.45, 2.75) is 13.5 Å². The number of imidazole rings is 1. The maximum Gasteiger partial charge on any atom is 0.272 e. The molecule has 0 spiro atoms. The van der Waals surface area contributed by atoms with Gasteiger partial charge in [-0.2, -0.15) is 0 Å². The smallest absolute Gasteiger partial charge is 0.272 e. The van der Waals surface area contributed by atoms with E-state index in [9.17, 15) is 4.79 Å². The number of carbonyl (C=O) groups is 1. The van der Waals surface area contributed by atoms with Gasteiger partial charge in [0.25, 0.3) is 5.91 Å². The predicted molar refractivity (Wildman–Crippen MR) is 106 cm³/mol. The van der Waals surface area contributed by atoms with Crippen LogP contribution in [0.25, 0.3) is 0 Å². The zero-order valence-corrected chi connectivity index (χ0v) is 16.4. The molecule has 0 unspecified atom stereocenters. The fourth-order valence-electron chi connectivity index (χ4n) is 2.63. The Hall–Kier alpha value is -2.77. The number of anilines is 1. The van der Waals surface area contributed by atoms with Crippen LogP contribution in [0.1, 0.15) is 23.0 Å². The number of aromatic amines is 1. The van der Waals surface area contributed by atoms with Crippen LogP contribution < -0.4 is 10.5 Å². The zero-order valence-electron chi connectivity index (χ0n) is 14.9. The molecule has 0 saturated carbocycles.